The Morgan fingerprint density at radius 2 is 2.37 bits per heavy atom. The summed E-state index contributed by atoms with van der Waals surface area (Å²) in [5, 5.41) is 4.58. The molecule has 1 aromatic heterocycles. The summed E-state index contributed by atoms with van der Waals surface area (Å²) in [6.07, 6.45) is 3.40. The van der Waals surface area contributed by atoms with Crippen LogP contribution in [0.1, 0.15) is 39.0 Å². The second-order valence-corrected chi connectivity index (χ2v) is 6.60. The second-order valence-electron chi connectivity index (χ2n) is 5.50. The molecule has 2 atom stereocenters. The van der Waals surface area contributed by atoms with Gasteiger partial charge in [-0.2, -0.15) is 0 Å². The van der Waals surface area contributed by atoms with E-state index in [1.54, 1.807) is 11.3 Å². The topological polar surface area (TPSA) is 37.4 Å². The standard InChI is InChI=1S/C14H25N3OS/c1-5-12-9-18-11(4)8-17(12)14-16-7-13(19-14)6-15-10(2)3/h7,10-12,15H,5-6,8-9H2,1-4H3. The number of hydrogen-bond acceptors (Lipinski definition) is 5. The van der Waals surface area contributed by atoms with Gasteiger partial charge in [-0.15, -0.1) is 11.3 Å². The molecule has 1 aromatic rings. The number of rotatable bonds is 5. The fourth-order valence-corrected chi connectivity index (χ4v) is 3.17. The van der Waals surface area contributed by atoms with Crippen LogP contribution in [0.5, 0.6) is 0 Å². The summed E-state index contributed by atoms with van der Waals surface area (Å²) in [5.74, 6) is 0. The van der Waals surface area contributed by atoms with Crippen molar-refractivity contribution in [3.8, 4) is 0 Å². The van der Waals surface area contributed by atoms with Crippen LogP contribution in [0.4, 0.5) is 5.13 Å². The first-order chi connectivity index (χ1) is 9.10. The average molecular weight is 283 g/mol. The van der Waals surface area contributed by atoms with Gasteiger partial charge in [-0.1, -0.05) is 20.8 Å². The van der Waals surface area contributed by atoms with Gasteiger partial charge in [0.1, 0.15) is 0 Å². The predicted molar refractivity (Wildman–Crippen MR) is 80.9 cm³/mol. The quantitative estimate of drug-likeness (QED) is 0.901. The maximum absolute atomic E-state index is 5.74. The summed E-state index contributed by atoms with van der Waals surface area (Å²) < 4.78 is 5.74. The lowest BCUT2D eigenvalue weighted by Crippen LogP contribution is -2.48. The minimum atomic E-state index is 0.295. The lowest BCUT2D eigenvalue weighted by atomic mass is 10.1. The Morgan fingerprint density at radius 1 is 1.58 bits per heavy atom. The largest absolute Gasteiger partial charge is 0.375 e. The molecule has 1 saturated heterocycles. The molecular formula is C14H25N3OS. The Hall–Kier alpha value is -0.650. The Balaban J connectivity index is 2.03. The van der Waals surface area contributed by atoms with Gasteiger partial charge < -0.3 is 15.0 Å². The van der Waals surface area contributed by atoms with E-state index in [1.807, 2.05) is 6.20 Å². The molecule has 0 aliphatic carbocycles. The normalized spacial score (nSPS) is 24.2. The molecule has 2 heterocycles. The molecule has 2 unspecified atom stereocenters. The number of nitrogens with zero attached hydrogens (tertiary/aromatic N) is 2. The lowest BCUT2D eigenvalue weighted by Gasteiger charge is -2.38. The minimum absolute atomic E-state index is 0.295. The van der Waals surface area contributed by atoms with Crippen molar-refractivity contribution >= 4 is 16.5 Å². The zero-order valence-corrected chi connectivity index (χ0v) is 13.2. The molecule has 1 fully saturated rings. The number of hydrogen-bond donors (Lipinski definition) is 1. The van der Waals surface area contributed by atoms with Crippen LogP contribution in [0, 0.1) is 0 Å². The highest BCUT2D eigenvalue weighted by atomic mass is 32.1. The van der Waals surface area contributed by atoms with E-state index < -0.39 is 0 Å². The van der Waals surface area contributed by atoms with Crippen LogP contribution >= 0.6 is 11.3 Å². The number of morpholine rings is 1. The average Bonchev–Trinajstić information content (AvgIpc) is 2.85. The van der Waals surface area contributed by atoms with E-state index in [4.69, 9.17) is 4.74 Å². The molecule has 1 aliphatic heterocycles. The fraction of sp³-hybridized carbons (Fsp3) is 0.786. The highest BCUT2D eigenvalue weighted by Crippen LogP contribution is 2.28. The summed E-state index contributed by atoms with van der Waals surface area (Å²) in [6.45, 7) is 11.4. The van der Waals surface area contributed by atoms with E-state index in [0.717, 1.165) is 31.2 Å². The SMILES string of the molecule is CCC1COC(C)CN1c1ncc(CNC(C)C)s1. The molecule has 5 heteroatoms. The van der Waals surface area contributed by atoms with Crippen LogP contribution in [0.2, 0.25) is 0 Å². The van der Waals surface area contributed by atoms with Crippen molar-refractivity contribution in [2.75, 3.05) is 18.1 Å². The molecule has 4 nitrogen and oxygen atoms in total. The zero-order chi connectivity index (χ0) is 13.8. The van der Waals surface area contributed by atoms with Gasteiger partial charge in [-0.05, 0) is 13.3 Å². The smallest absolute Gasteiger partial charge is 0.185 e. The van der Waals surface area contributed by atoms with Crippen LogP contribution in [-0.4, -0.2) is 36.3 Å². The first kappa shape index (κ1) is 14.8. The van der Waals surface area contributed by atoms with Gasteiger partial charge in [0.2, 0.25) is 0 Å². The molecule has 108 valence electrons. The summed E-state index contributed by atoms with van der Waals surface area (Å²) in [5.41, 5.74) is 0. The Bertz CT molecular complexity index is 394. The lowest BCUT2D eigenvalue weighted by molar-refractivity contribution is 0.0299. The first-order valence-electron chi connectivity index (χ1n) is 7.16. The molecule has 0 saturated carbocycles. The molecule has 0 spiro atoms. The summed E-state index contributed by atoms with van der Waals surface area (Å²) in [4.78, 5) is 8.32. The molecule has 0 aromatic carbocycles. The highest BCUT2D eigenvalue weighted by Gasteiger charge is 2.27. The maximum Gasteiger partial charge on any atom is 0.185 e. The van der Waals surface area contributed by atoms with E-state index in [9.17, 15) is 0 Å². The van der Waals surface area contributed by atoms with Crippen LogP contribution in [0.15, 0.2) is 6.20 Å². The number of anilines is 1. The third kappa shape index (κ3) is 3.91. The molecular weight excluding hydrogens is 258 g/mol. The van der Waals surface area contributed by atoms with Crippen molar-refractivity contribution in [3.05, 3.63) is 11.1 Å². The van der Waals surface area contributed by atoms with Crippen molar-refractivity contribution in [1.82, 2.24) is 10.3 Å². The number of aromatic nitrogens is 1. The molecule has 0 amide bonds. The van der Waals surface area contributed by atoms with Crippen LogP contribution in [0.3, 0.4) is 0 Å². The summed E-state index contributed by atoms with van der Waals surface area (Å²) >= 11 is 1.80. The fourth-order valence-electron chi connectivity index (χ4n) is 2.23. The first-order valence-corrected chi connectivity index (χ1v) is 7.98. The van der Waals surface area contributed by atoms with Gasteiger partial charge in [0.25, 0.3) is 0 Å². The van der Waals surface area contributed by atoms with Crippen LogP contribution in [0.25, 0.3) is 0 Å². The van der Waals surface area contributed by atoms with E-state index >= 15 is 0 Å². The maximum atomic E-state index is 5.74. The molecule has 2 rings (SSSR count). The van der Waals surface area contributed by atoms with Gasteiger partial charge >= 0.3 is 0 Å². The van der Waals surface area contributed by atoms with Crippen molar-refractivity contribution in [2.45, 2.75) is 58.8 Å². The van der Waals surface area contributed by atoms with Crippen molar-refractivity contribution in [2.24, 2.45) is 0 Å². The third-order valence-electron chi connectivity index (χ3n) is 3.41. The minimum Gasteiger partial charge on any atom is -0.375 e. The Labute approximate surface area is 120 Å². The second kappa shape index (κ2) is 6.68. The summed E-state index contributed by atoms with van der Waals surface area (Å²) in [7, 11) is 0. The zero-order valence-electron chi connectivity index (χ0n) is 12.3. The van der Waals surface area contributed by atoms with E-state index in [1.165, 1.54) is 4.88 Å². The molecule has 1 N–H and O–H groups in total. The van der Waals surface area contributed by atoms with Crippen molar-refractivity contribution in [1.29, 1.82) is 0 Å². The number of thiazole rings is 1. The number of ether oxygens (including phenoxy) is 1. The van der Waals surface area contributed by atoms with Crippen LogP contribution < -0.4 is 10.2 Å². The Kier molecular flexibility index (Phi) is 5.19. The Morgan fingerprint density at radius 3 is 3.05 bits per heavy atom. The number of nitrogens with one attached hydrogen (secondary N) is 1. The molecule has 1 aliphatic rings. The van der Waals surface area contributed by atoms with Gasteiger partial charge in [0, 0.05) is 30.2 Å². The summed E-state index contributed by atoms with van der Waals surface area (Å²) in [6, 6.07) is 0.977. The predicted octanol–water partition coefficient (Wildman–Crippen LogP) is 2.64. The van der Waals surface area contributed by atoms with E-state index in [0.29, 0.717) is 18.2 Å². The van der Waals surface area contributed by atoms with Gasteiger partial charge in [0.05, 0.1) is 18.8 Å². The van der Waals surface area contributed by atoms with Gasteiger partial charge in [-0.3, -0.25) is 0 Å². The molecule has 19 heavy (non-hydrogen) atoms. The van der Waals surface area contributed by atoms with E-state index in [-0.39, 0.29) is 0 Å². The van der Waals surface area contributed by atoms with Crippen molar-refractivity contribution < 1.29 is 4.74 Å². The van der Waals surface area contributed by atoms with Gasteiger partial charge in [-0.25, -0.2) is 4.98 Å². The van der Waals surface area contributed by atoms with Crippen molar-refractivity contribution in [3.63, 3.8) is 0 Å². The third-order valence-corrected chi connectivity index (χ3v) is 4.44. The highest BCUT2D eigenvalue weighted by molar-refractivity contribution is 7.15. The van der Waals surface area contributed by atoms with E-state index in [2.05, 4.69) is 42.9 Å². The monoisotopic (exact) mass is 283 g/mol. The van der Waals surface area contributed by atoms with Gasteiger partial charge in [0.15, 0.2) is 5.13 Å². The molecule has 0 bridgehead atoms. The van der Waals surface area contributed by atoms with Crippen LogP contribution in [-0.2, 0) is 11.3 Å². The molecule has 0 radical (unpaired) electrons.